The molecule has 0 bridgehead atoms. The van der Waals surface area contributed by atoms with E-state index in [-0.39, 0.29) is 6.04 Å². The van der Waals surface area contributed by atoms with Crippen LogP contribution < -0.4 is 5.73 Å². The van der Waals surface area contributed by atoms with E-state index in [1.54, 1.807) is 0 Å². The van der Waals surface area contributed by atoms with Crippen LogP contribution in [0.2, 0.25) is 0 Å². The maximum Gasteiger partial charge on any atom is 0.121 e. The van der Waals surface area contributed by atoms with Crippen LogP contribution >= 0.6 is 0 Å². The molecule has 20 heavy (non-hydrogen) atoms. The van der Waals surface area contributed by atoms with Crippen LogP contribution in [0.4, 0.5) is 0 Å². The number of para-hydroxylation sites is 1. The molecule has 1 aromatic carbocycles. The Labute approximate surface area is 118 Å². The van der Waals surface area contributed by atoms with Gasteiger partial charge in [0.1, 0.15) is 11.5 Å². The summed E-state index contributed by atoms with van der Waals surface area (Å²) in [6, 6.07) is 12.0. The van der Waals surface area contributed by atoms with Crippen LogP contribution in [0.5, 0.6) is 0 Å². The molecular formula is C16H19N3O. The van der Waals surface area contributed by atoms with Crippen molar-refractivity contribution < 1.29 is 4.42 Å². The van der Waals surface area contributed by atoms with Crippen molar-refractivity contribution in [2.45, 2.75) is 32.9 Å². The number of hydrogen-bond donors (Lipinski definition) is 1. The third-order valence-electron chi connectivity index (χ3n) is 3.57. The SMILES string of the molecule is CCn1nc(CC(N)c2ccc(C)o2)c2ccccc21. The van der Waals surface area contributed by atoms with Gasteiger partial charge in [0.15, 0.2) is 0 Å². The Hall–Kier alpha value is -2.07. The van der Waals surface area contributed by atoms with Gasteiger partial charge in [0.05, 0.1) is 17.3 Å². The molecule has 1 atom stereocenters. The van der Waals surface area contributed by atoms with Crippen LogP contribution in [0.25, 0.3) is 10.9 Å². The Morgan fingerprint density at radius 2 is 2.05 bits per heavy atom. The standard InChI is InChI=1S/C16H19N3O/c1-3-19-15-7-5-4-6-12(15)14(18-19)10-13(17)16-9-8-11(2)20-16/h4-9,13H,3,10,17H2,1-2H3. The molecule has 2 N–H and O–H groups in total. The largest absolute Gasteiger partial charge is 0.465 e. The van der Waals surface area contributed by atoms with Gasteiger partial charge in [-0.15, -0.1) is 0 Å². The number of benzene rings is 1. The summed E-state index contributed by atoms with van der Waals surface area (Å²) in [5, 5.41) is 5.85. The van der Waals surface area contributed by atoms with Gasteiger partial charge in [0.25, 0.3) is 0 Å². The highest BCUT2D eigenvalue weighted by molar-refractivity contribution is 5.82. The number of nitrogens with zero attached hydrogens (tertiary/aromatic N) is 2. The minimum Gasteiger partial charge on any atom is -0.465 e. The summed E-state index contributed by atoms with van der Waals surface area (Å²) in [5.74, 6) is 1.71. The van der Waals surface area contributed by atoms with Gasteiger partial charge in [-0.25, -0.2) is 0 Å². The van der Waals surface area contributed by atoms with E-state index >= 15 is 0 Å². The van der Waals surface area contributed by atoms with Gasteiger partial charge in [-0.3, -0.25) is 4.68 Å². The van der Waals surface area contributed by atoms with Gasteiger partial charge in [-0.05, 0) is 32.0 Å². The first kappa shape index (κ1) is 12.9. The summed E-state index contributed by atoms with van der Waals surface area (Å²) in [7, 11) is 0. The van der Waals surface area contributed by atoms with Crippen LogP contribution in [0.15, 0.2) is 40.8 Å². The molecule has 2 aromatic heterocycles. The van der Waals surface area contributed by atoms with E-state index in [0.717, 1.165) is 29.3 Å². The van der Waals surface area contributed by atoms with Crippen molar-refractivity contribution in [3.63, 3.8) is 0 Å². The number of aryl methyl sites for hydroxylation is 2. The second-order valence-corrected chi connectivity index (χ2v) is 5.04. The number of fused-ring (bicyclic) bond motifs is 1. The second kappa shape index (κ2) is 5.13. The highest BCUT2D eigenvalue weighted by atomic mass is 16.3. The molecular weight excluding hydrogens is 250 g/mol. The first-order valence-electron chi connectivity index (χ1n) is 6.95. The van der Waals surface area contributed by atoms with Crippen molar-refractivity contribution in [1.29, 1.82) is 0 Å². The third kappa shape index (κ3) is 2.23. The van der Waals surface area contributed by atoms with E-state index in [9.17, 15) is 0 Å². The molecule has 0 aliphatic heterocycles. The summed E-state index contributed by atoms with van der Waals surface area (Å²) < 4.78 is 7.62. The normalized spacial score (nSPS) is 12.9. The molecule has 0 aliphatic rings. The average Bonchev–Trinajstić information content (AvgIpc) is 3.03. The zero-order valence-corrected chi connectivity index (χ0v) is 11.8. The van der Waals surface area contributed by atoms with Crippen LogP contribution in [0, 0.1) is 6.92 Å². The fourth-order valence-electron chi connectivity index (χ4n) is 2.55. The Kier molecular flexibility index (Phi) is 3.32. The van der Waals surface area contributed by atoms with Gasteiger partial charge in [0.2, 0.25) is 0 Å². The van der Waals surface area contributed by atoms with Gasteiger partial charge < -0.3 is 10.2 Å². The van der Waals surface area contributed by atoms with E-state index in [4.69, 9.17) is 10.2 Å². The highest BCUT2D eigenvalue weighted by Gasteiger charge is 2.16. The summed E-state index contributed by atoms with van der Waals surface area (Å²) in [5.41, 5.74) is 8.43. The van der Waals surface area contributed by atoms with Crippen molar-refractivity contribution in [3.05, 3.63) is 53.6 Å². The zero-order valence-electron chi connectivity index (χ0n) is 11.8. The molecule has 0 fully saturated rings. The Balaban J connectivity index is 1.94. The van der Waals surface area contributed by atoms with Crippen LogP contribution in [0.3, 0.4) is 0 Å². The Morgan fingerprint density at radius 3 is 2.75 bits per heavy atom. The molecule has 0 spiro atoms. The van der Waals surface area contributed by atoms with E-state index in [2.05, 4.69) is 24.2 Å². The Bertz CT molecular complexity index is 726. The van der Waals surface area contributed by atoms with Crippen molar-refractivity contribution in [2.75, 3.05) is 0 Å². The monoisotopic (exact) mass is 269 g/mol. The fraction of sp³-hybridized carbons (Fsp3) is 0.312. The fourth-order valence-corrected chi connectivity index (χ4v) is 2.55. The zero-order chi connectivity index (χ0) is 14.1. The molecule has 0 radical (unpaired) electrons. The lowest BCUT2D eigenvalue weighted by molar-refractivity contribution is 0.443. The molecule has 0 amide bonds. The minimum absolute atomic E-state index is 0.160. The lowest BCUT2D eigenvalue weighted by Crippen LogP contribution is -2.13. The summed E-state index contributed by atoms with van der Waals surface area (Å²) >= 11 is 0. The third-order valence-corrected chi connectivity index (χ3v) is 3.57. The summed E-state index contributed by atoms with van der Waals surface area (Å²) in [6.45, 7) is 4.88. The number of furan rings is 1. The smallest absolute Gasteiger partial charge is 0.121 e. The topological polar surface area (TPSA) is 57.0 Å². The van der Waals surface area contributed by atoms with Gasteiger partial charge in [-0.2, -0.15) is 5.10 Å². The number of nitrogens with two attached hydrogens (primary N) is 1. The first-order chi connectivity index (χ1) is 9.69. The Morgan fingerprint density at radius 1 is 1.25 bits per heavy atom. The van der Waals surface area contributed by atoms with Crippen molar-refractivity contribution in [2.24, 2.45) is 5.73 Å². The predicted octanol–water partition coefficient (Wildman–Crippen LogP) is 3.20. The van der Waals surface area contributed by atoms with Crippen LogP contribution in [-0.4, -0.2) is 9.78 Å². The van der Waals surface area contributed by atoms with Crippen molar-refractivity contribution >= 4 is 10.9 Å². The molecule has 0 saturated heterocycles. The number of rotatable bonds is 4. The summed E-state index contributed by atoms with van der Waals surface area (Å²) in [6.07, 6.45) is 0.681. The molecule has 2 heterocycles. The molecule has 104 valence electrons. The maximum absolute atomic E-state index is 6.24. The van der Waals surface area contributed by atoms with Gasteiger partial charge >= 0.3 is 0 Å². The number of hydrogen-bond acceptors (Lipinski definition) is 3. The number of aromatic nitrogens is 2. The average molecular weight is 269 g/mol. The van der Waals surface area contributed by atoms with E-state index in [0.29, 0.717) is 6.42 Å². The maximum atomic E-state index is 6.24. The first-order valence-corrected chi connectivity index (χ1v) is 6.95. The van der Waals surface area contributed by atoms with Crippen LogP contribution in [0.1, 0.15) is 30.2 Å². The molecule has 0 saturated carbocycles. The molecule has 3 aromatic rings. The molecule has 4 nitrogen and oxygen atoms in total. The molecule has 1 unspecified atom stereocenters. The van der Waals surface area contributed by atoms with E-state index in [1.807, 2.05) is 35.9 Å². The van der Waals surface area contributed by atoms with Crippen LogP contribution in [-0.2, 0) is 13.0 Å². The van der Waals surface area contributed by atoms with E-state index < -0.39 is 0 Å². The van der Waals surface area contributed by atoms with Crippen molar-refractivity contribution in [3.8, 4) is 0 Å². The minimum atomic E-state index is -0.160. The van der Waals surface area contributed by atoms with Crippen molar-refractivity contribution in [1.82, 2.24) is 9.78 Å². The van der Waals surface area contributed by atoms with Gasteiger partial charge in [0, 0.05) is 18.4 Å². The second-order valence-electron chi connectivity index (χ2n) is 5.04. The van der Waals surface area contributed by atoms with E-state index in [1.165, 1.54) is 5.39 Å². The molecule has 0 aliphatic carbocycles. The molecule has 4 heteroatoms. The lowest BCUT2D eigenvalue weighted by Gasteiger charge is -2.06. The molecule has 3 rings (SSSR count). The highest BCUT2D eigenvalue weighted by Crippen LogP contribution is 2.24. The summed E-state index contributed by atoms with van der Waals surface area (Å²) in [4.78, 5) is 0. The van der Waals surface area contributed by atoms with Gasteiger partial charge in [-0.1, -0.05) is 18.2 Å². The predicted molar refractivity (Wildman–Crippen MR) is 79.5 cm³/mol. The quantitative estimate of drug-likeness (QED) is 0.791. The lowest BCUT2D eigenvalue weighted by atomic mass is 10.1.